The van der Waals surface area contributed by atoms with E-state index < -0.39 is 0 Å². The van der Waals surface area contributed by atoms with Crippen molar-refractivity contribution in [3.8, 4) is 0 Å². The topological polar surface area (TPSA) is 44.4 Å². The predicted molar refractivity (Wildman–Crippen MR) is 107 cm³/mol. The molecule has 0 heterocycles. The molecule has 2 N–H and O–H groups in total. The summed E-state index contributed by atoms with van der Waals surface area (Å²) in [5, 5.41) is 6.43. The van der Waals surface area contributed by atoms with Crippen LogP contribution in [0.4, 0.5) is 4.79 Å². The smallest absolute Gasteiger partial charge is 0.316 e. The SMILES string of the molecule is CCCN(CC1CCc2ccccc21)C(CC)NC(=O)NC1CCCC1. The van der Waals surface area contributed by atoms with E-state index in [0.29, 0.717) is 12.0 Å². The Morgan fingerprint density at radius 2 is 1.96 bits per heavy atom. The number of fused-ring (bicyclic) bond motifs is 1. The first kappa shape index (κ1) is 19.2. The van der Waals surface area contributed by atoms with Crippen LogP contribution in [0.15, 0.2) is 24.3 Å². The number of benzene rings is 1. The highest BCUT2D eigenvalue weighted by molar-refractivity contribution is 5.74. The molecule has 1 aromatic rings. The fraction of sp³-hybridized carbons (Fsp3) is 0.682. The van der Waals surface area contributed by atoms with Gasteiger partial charge >= 0.3 is 6.03 Å². The summed E-state index contributed by atoms with van der Waals surface area (Å²) >= 11 is 0. The predicted octanol–water partition coefficient (Wildman–Crippen LogP) is 4.41. The van der Waals surface area contributed by atoms with Gasteiger partial charge in [0.15, 0.2) is 0 Å². The Kier molecular flexibility index (Phi) is 6.95. The molecule has 0 radical (unpaired) electrons. The number of carbonyl (C=O) groups excluding carboxylic acids is 1. The molecular weight excluding hydrogens is 322 g/mol. The summed E-state index contributed by atoms with van der Waals surface area (Å²) in [5.41, 5.74) is 3.02. The Labute approximate surface area is 158 Å². The van der Waals surface area contributed by atoms with E-state index in [9.17, 15) is 4.79 Å². The number of nitrogens with one attached hydrogen (secondary N) is 2. The molecule has 2 atom stereocenters. The summed E-state index contributed by atoms with van der Waals surface area (Å²) in [6.07, 6.45) is 9.31. The maximum Gasteiger partial charge on any atom is 0.316 e. The van der Waals surface area contributed by atoms with Crippen molar-refractivity contribution in [3.05, 3.63) is 35.4 Å². The first-order chi connectivity index (χ1) is 12.7. The van der Waals surface area contributed by atoms with Gasteiger partial charge in [-0.25, -0.2) is 4.79 Å². The molecule has 0 spiro atoms. The third-order valence-electron chi connectivity index (χ3n) is 6.04. The van der Waals surface area contributed by atoms with E-state index in [-0.39, 0.29) is 12.2 Å². The van der Waals surface area contributed by atoms with Gasteiger partial charge in [-0.05, 0) is 62.1 Å². The van der Waals surface area contributed by atoms with Gasteiger partial charge in [0, 0.05) is 12.6 Å². The number of amides is 2. The lowest BCUT2D eigenvalue weighted by Gasteiger charge is -2.34. The van der Waals surface area contributed by atoms with Gasteiger partial charge in [-0.3, -0.25) is 4.90 Å². The van der Waals surface area contributed by atoms with E-state index in [2.05, 4.69) is 53.6 Å². The fourth-order valence-electron chi connectivity index (χ4n) is 4.68. The van der Waals surface area contributed by atoms with Crippen LogP contribution < -0.4 is 10.6 Å². The second-order valence-corrected chi connectivity index (χ2v) is 7.95. The van der Waals surface area contributed by atoms with Gasteiger partial charge in [0.1, 0.15) is 0 Å². The van der Waals surface area contributed by atoms with Crippen molar-refractivity contribution in [1.82, 2.24) is 15.5 Å². The zero-order chi connectivity index (χ0) is 18.4. The molecule has 2 aliphatic carbocycles. The van der Waals surface area contributed by atoms with Crippen LogP contribution in [0.2, 0.25) is 0 Å². The monoisotopic (exact) mass is 357 g/mol. The van der Waals surface area contributed by atoms with Crippen molar-refractivity contribution in [2.45, 2.75) is 83.3 Å². The number of carbonyl (C=O) groups is 1. The lowest BCUT2D eigenvalue weighted by molar-refractivity contribution is 0.149. The molecule has 2 amide bonds. The van der Waals surface area contributed by atoms with Gasteiger partial charge in [-0.1, -0.05) is 51.0 Å². The maximum atomic E-state index is 12.5. The van der Waals surface area contributed by atoms with Crippen LogP contribution in [-0.4, -0.2) is 36.2 Å². The van der Waals surface area contributed by atoms with E-state index >= 15 is 0 Å². The Bertz CT molecular complexity index is 583. The Balaban J connectivity index is 1.60. The minimum absolute atomic E-state index is 0.0108. The minimum atomic E-state index is 0.0108. The van der Waals surface area contributed by atoms with E-state index in [1.165, 1.54) is 36.8 Å². The van der Waals surface area contributed by atoms with E-state index in [0.717, 1.165) is 38.8 Å². The number of urea groups is 1. The Morgan fingerprint density at radius 1 is 1.19 bits per heavy atom. The summed E-state index contributed by atoms with van der Waals surface area (Å²) in [7, 11) is 0. The highest BCUT2D eigenvalue weighted by atomic mass is 16.2. The van der Waals surface area contributed by atoms with Crippen LogP contribution in [0.25, 0.3) is 0 Å². The summed E-state index contributed by atoms with van der Waals surface area (Å²) in [4.78, 5) is 15.0. The normalized spacial score (nSPS) is 21.0. The molecule has 26 heavy (non-hydrogen) atoms. The highest BCUT2D eigenvalue weighted by Crippen LogP contribution is 2.33. The highest BCUT2D eigenvalue weighted by Gasteiger charge is 2.27. The van der Waals surface area contributed by atoms with Crippen molar-refractivity contribution < 1.29 is 4.79 Å². The van der Waals surface area contributed by atoms with Crippen molar-refractivity contribution in [2.75, 3.05) is 13.1 Å². The zero-order valence-electron chi connectivity index (χ0n) is 16.5. The molecule has 1 aromatic carbocycles. The average molecular weight is 358 g/mol. The van der Waals surface area contributed by atoms with Gasteiger partial charge in [0.2, 0.25) is 0 Å². The molecule has 4 nitrogen and oxygen atoms in total. The standard InChI is InChI=1S/C22H35N3O/c1-3-15-25(16-18-14-13-17-9-5-8-12-20(17)18)21(4-2)24-22(26)23-19-10-6-7-11-19/h5,8-9,12,18-19,21H,3-4,6-7,10-11,13-16H2,1-2H3,(H2,23,24,26). The van der Waals surface area contributed by atoms with Crippen LogP contribution in [-0.2, 0) is 6.42 Å². The molecule has 0 bridgehead atoms. The minimum Gasteiger partial charge on any atom is -0.335 e. The molecule has 144 valence electrons. The average Bonchev–Trinajstić information content (AvgIpc) is 3.29. The Morgan fingerprint density at radius 3 is 2.69 bits per heavy atom. The number of hydrogen-bond donors (Lipinski definition) is 2. The van der Waals surface area contributed by atoms with Crippen molar-refractivity contribution in [2.24, 2.45) is 0 Å². The zero-order valence-corrected chi connectivity index (χ0v) is 16.5. The number of rotatable bonds is 8. The molecule has 3 rings (SSSR count). The quantitative estimate of drug-likeness (QED) is 0.677. The van der Waals surface area contributed by atoms with Crippen LogP contribution in [0, 0.1) is 0 Å². The first-order valence-corrected chi connectivity index (χ1v) is 10.6. The first-order valence-electron chi connectivity index (χ1n) is 10.6. The summed E-state index contributed by atoms with van der Waals surface area (Å²) in [6.45, 7) is 6.46. The molecule has 2 aliphatic rings. The van der Waals surface area contributed by atoms with Crippen LogP contribution in [0.5, 0.6) is 0 Å². The second-order valence-electron chi connectivity index (χ2n) is 7.95. The third kappa shape index (κ3) is 4.79. The van der Waals surface area contributed by atoms with Crippen molar-refractivity contribution >= 4 is 6.03 Å². The summed E-state index contributed by atoms with van der Waals surface area (Å²) in [6, 6.07) is 9.24. The lowest BCUT2D eigenvalue weighted by Crippen LogP contribution is -2.53. The number of hydrogen-bond acceptors (Lipinski definition) is 2. The molecule has 0 aliphatic heterocycles. The number of aryl methyl sites for hydroxylation is 1. The largest absolute Gasteiger partial charge is 0.335 e. The van der Waals surface area contributed by atoms with Crippen LogP contribution in [0.3, 0.4) is 0 Å². The second kappa shape index (κ2) is 9.40. The van der Waals surface area contributed by atoms with E-state index in [1.807, 2.05) is 0 Å². The molecule has 0 aromatic heterocycles. The molecular formula is C22H35N3O. The molecule has 1 saturated carbocycles. The molecule has 1 fully saturated rings. The van der Waals surface area contributed by atoms with Gasteiger partial charge in [0.25, 0.3) is 0 Å². The van der Waals surface area contributed by atoms with Gasteiger partial charge in [-0.2, -0.15) is 0 Å². The van der Waals surface area contributed by atoms with Crippen LogP contribution >= 0.6 is 0 Å². The molecule has 4 heteroatoms. The van der Waals surface area contributed by atoms with Crippen LogP contribution in [0.1, 0.15) is 75.8 Å². The van der Waals surface area contributed by atoms with E-state index in [1.54, 1.807) is 0 Å². The van der Waals surface area contributed by atoms with Crippen molar-refractivity contribution in [1.29, 1.82) is 0 Å². The summed E-state index contributed by atoms with van der Waals surface area (Å²) < 4.78 is 0. The lowest BCUT2D eigenvalue weighted by atomic mass is 10.0. The number of nitrogens with zero attached hydrogens (tertiary/aromatic N) is 1. The Hall–Kier alpha value is -1.55. The van der Waals surface area contributed by atoms with Gasteiger partial charge in [0.05, 0.1) is 6.17 Å². The fourth-order valence-corrected chi connectivity index (χ4v) is 4.68. The summed E-state index contributed by atoms with van der Waals surface area (Å²) in [5.74, 6) is 0.589. The molecule has 0 saturated heterocycles. The molecule has 2 unspecified atom stereocenters. The van der Waals surface area contributed by atoms with E-state index in [4.69, 9.17) is 0 Å². The third-order valence-corrected chi connectivity index (χ3v) is 6.04. The van der Waals surface area contributed by atoms with Crippen molar-refractivity contribution in [3.63, 3.8) is 0 Å². The van der Waals surface area contributed by atoms with Gasteiger partial charge < -0.3 is 10.6 Å². The van der Waals surface area contributed by atoms with Gasteiger partial charge in [-0.15, -0.1) is 0 Å². The maximum absolute atomic E-state index is 12.5.